The second kappa shape index (κ2) is 5.22. The average Bonchev–Trinajstić information content (AvgIpc) is 3.04. The predicted molar refractivity (Wildman–Crippen MR) is 85.0 cm³/mol. The molecule has 3 heterocycles. The van der Waals surface area contributed by atoms with E-state index < -0.39 is 5.54 Å². The standard InChI is InChI=1S/C13H13ClN6OS/c1-13(2,11-18-19-12(15)22-11)17-10(21)8-6-20-5-7(14)3-4-9(20)16-8/h3-6H,1-2H3,(H2,15,19)(H,17,21). The highest BCUT2D eigenvalue weighted by Gasteiger charge is 2.28. The van der Waals surface area contributed by atoms with E-state index in [0.29, 0.717) is 26.5 Å². The number of hydrogen-bond donors (Lipinski definition) is 2. The number of imidazole rings is 1. The monoisotopic (exact) mass is 336 g/mol. The number of carbonyl (C=O) groups is 1. The van der Waals surface area contributed by atoms with Crippen LogP contribution in [0.25, 0.3) is 5.65 Å². The molecule has 114 valence electrons. The fraction of sp³-hybridized carbons (Fsp3) is 0.231. The van der Waals surface area contributed by atoms with Gasteiger partial charge in [-0.05, 0) is 26.0 Å². The molecule has 7 nitrogen and oxygen atoms in total. The molecule has 1 amide bonds. The Hall–Kier alpha value is -2.19. The van der Waals surface area contributed by atoms with Crippen molar-refractivity contribution in [1.29, 1.82) is 0 Å². The fourth-order valence-electron chi connectivity index (χ4n) is 1.96. The molecule has 0 fully saturated rings. The van der Waals surface area contributed by atoms with Crippen LogP contribution in [-0.4, -0.2) is 25.5 Å². The van der Waals surface area contributed by atoms with Crippen LogP contribution >= 0.6 is 22.9 Å². The number of fused-ring (bicyclic) bond motifs is 1. The van der Waals surface area contributed by atoms with Crippen molar-refractivity contribution in [2.75, 3.05) is 5.73 Å². The first kappa shape index (κ1) is 14.7. The van der Waals surface area contributed by atoms with Crippen molar-refractivity contribution in [1.82, 2.24) is 24.9 Å². The molecule has 0 spiro atoms. The summed E-state index contributed by atoms with van der Waals surface area (Å²) in [7, 11) is 0. The first-order valence-electron chi connectivity index (χ1n) is 6.41. The lowest BCUT2D eigenvalue weighted by atomic mass is 10.1. The van der Waals surface area contributed by atoms with Gasteiger partial charge in [0.1, 0.15) is 16.3 Å². The molecule has 3 rings (SSSR count). The fourth-order valence-corrected chi connectivity index (χ4v) is 2.80. The van der Waals surface area contributed by atoms with E-state index in [9.17, 15) is 4.79 Å². The topological polar surface area (TPSA) is 98.2 Å². The lowest BCUT2D eigenvalue weighted by Crippen LogP contribution is -2.41. The van der Waals surface area contributed by atoms with Crippen LogP contribution in [0.5, 0.6) is 0 Å². The van der Waals surface area contributed by atoms with Gasteiger partial charge in [-0.2, -0.15) is 0 Å². The molecule has 0 aromatic carbocycles. The molecular formula is C13H13ClN6OS. The number of nitrogens with zero attached hydrogens (tertiary/aromatic N) is 4. The average molecular weight is 337 g/mol. The van der Waals surface area contributed by atoms with Gasteiger partial charge in [0.15, 0.2) is 0 Å². The van der Waals surface area contributed by atoms with Gasteiger partial charge >= 0.3 is 0 Å². The zero-order valence-corrected chi connectivity index (χ0v) is 13.4. The van der Waals surface area contributed by atoms with E-state index in [1.54, 1.807) is 28.9 Å². The Morgan fingerprint density at radius 1 is 1.36 bits per heavy atom. The number of rotatable bonds is 3. The number of nitrogens with two attached hydrogens (primary N) is 1. The van der Waals surface area contributed by atoms with E-state index in [4.69, 9.17) is 17.3 Å². The first-order chi connectivity index (χ1) is 10.3. The molecule has 3 aromatic rings. The zero-order chi connectivity index (χ0) is 15.9. The van der Waals surface area contributed by atoms with Crippen LogP contribution in [0.3, 0.4) is 0 Å². The van der Waals surface area contributed by atoms with Crippen LogP contribution < -0.4 is 11.1 Å². The summed E-state index contributed by atoms with van der Waals surface area (Å²) in [6, 6.07) is 3.47. The van der Waals surface area contributed by atoms with Crippen LogP contribution in [0.15, 0.2) is 24.5 Å². The maximum atomic E-state index is 12.4. The van der Waals surface area contributed by atoms with Gasteiger partial charge in [-0.25, -0.2) is 4.98 Å². The van der Waals surface area contributed by atoms with Gasteiger partial charge in [0.2, 0.25) is 5.13 Å². The van der Waals surface area contributed by atoms with Gasteiger partial charge < -0.3 is 15.5 Å². The van der Waals surface area contributed by atoms with Crippen LogP contribution in [0.2, 0.25) is 5.02 Å². The largest absolute Gasteiger partial charge is 0.374 e. The van der Waals surface area contributed by atoms with Crippen molar-refractivity contribution in [3.63, 3.8) is 0 Å². The summed E-state index contributed by atoms with van der Waals surface area (Å²) in [5, 5.41) is 12.2. The number of nitrogens with one attached hydrogen (secondary N) is 1. The van der Waals surface area contributed by atoms with Crippen LogP contribution in [0.1, 0.15) is 29.3 Å². The van der Waals surface area contributed by atoms with Gasteiger partial charge in [0.05, 0.1) is 10.6 Å². The molecule has 3 N–H and O–H groups in total. The molecule has 0 unspecified atom stereocenters. The molecule has 0 radical (unpaired) electrons. The number of pyridine rings is 1. The molecular weight excluding hydrogens is 324 g/mol. The van der Waals surface area contributed by atoms with Crippen molar-refractivity contribution in [2.24, 2.45) is 0 Å². The van der Waals surface area contributed by atoms with Crippen molar-refractivity contribution in [3.05, 3.63) is 40.3 Å². The first-order valence-corrected chi connectivity index (χ1v) is 7.61. The molecule has 0 saturated heterocycles. The summed E-state index contributed by atoms with van der Waals surface area (Å²) < 4.78 is 1.70. The molecule has 0 aliphatic rings. The second-order valence-electron chi connectivity index (χ2n) is 5.26. The van der Waals surface area contributed by atoms with Gasteiger partial charge in [-0.1, -0.05) is 22.9 Å². The molecule has 22 heavy (non-hydrogen) atoms. The summed E-state index contributed by atoms with van der Waals surface area (Å²) >= 11 is 7.16. The van der Waals surface area contributed by atoms with Crippen molar-refractivity contribution in [2.45, 2.75) is 19.4 Å². The molecule has 0 atom stereocenters. The van der Waals surface area contributed by atoms with Gasteiger partial charge in [0, 0.05) is 12.4 Å². The van der Waals surface area contributed by atoms with Gasteiger partial charge in [-0.15, -0.1) is 10.2 Å². The normalized spacial score (nSPS) is 11.8. The second-order valence-corrected chi connectivity index (χ2v) is 6.71. The summed E-state index contributed by atoms with van der Waals surface area (Å²) in [5.74, 6) is -0.307. The smallest absolute Gasteiger partial charge is 0.272 e. The Morgan fingerprint density at radius 3 is 2.82 bits per heavy atom. The number of halogens is 1. The van der Waals surface area contributed by atoms with Crippen LogP contribution in [0.4, 0.5) is 5.13 Å². The van der Waals surface area contributed by atoms with Crippen LogP contribution in [-0.2, 0) is 5.54 Å². The minimum absolute atomic E-state index is 0.299. The third kappa shape index (κ3) is 2.75. The van der Waals surface area contributed by atoms with E-state index in [1.165, 1.54) is 11.3 Å². The quantitative estimate of drug-likeness (QED) is 0.763. The van der Waals surface area contributed by atoms with Crippen molar-refractivity contribution >= 4 is 39.6 Å². The number of hydrogen-bond acceptors (Lipinski definition) is 6. The molecule has 0 bridgehead atoms. The Morgan fingerprint density at radius 2 is 2.14 bits per heavy atom. The number of amides is 1. The number of aromatic nitrogens is 4. The van der Waals surface area contributed by atoms with Gasteiger partial charge in [-0.3, -0.25) is 4.79 Å². The number of anilines is 1. The maximum absolute atomic E-state index is 12.4. The molecule has 0 aliphatic carbocycles. The van der Waals surface area contributed by atoms with Gasteiger partial charge in [0.25, 0.3) is 5.91 Å². The zero-order valence-electron chi connectivity index (χ0n) is 11.9. The molecule has 0 saturated carbocycles. The SMILES string of the molecule is CC(C)(NC(=O)c1cn2cc(Cl)ccc2n1)c1nnc(N)s1. The minimum atomic E-state index is -0.695. The Bertz CT molecular complexity index is 855. The highest BCUT2D eigenvalue weighted by molar-refractivity contribution is 7.15. The molecule has 9 heteroatoms. The van der Waals surface area contributed by atoms with E-state index in [-0.39, 0.29) is 5.91 Å². The highest BCUT2D eigenvalue weighted by Crippen LogP contribution is 2.25. The third-order valence-corrected chi connectivity index (χ3v) is 4.35. The lowest BCUT2D eigenvalue weighted by molar-refractivity contribution is 0.0907. The van der Waals surface area contributed by atoms with Crippen molar-refractivity contribution in [3.8, 4) is 0 Å². The minimum Gasteiger partial charge on any atom is -0.374 e. The van der Waals surface area contributed by atoms with E-state index in [0.717, 1.165) is 0 Å². The third-order valence-electron chi connectivity index (χ3n) is 3.05. The van der Waals surface area contributed by atoms with E-state index in [2.05, 4.69) is 20.5 Å². The number of carbonyl (C=O) groups excluding carboxylic acids is 1. The van der Waals surface area contributed by atoms with Crippen molar-refractivity contribution < 1.29 is 4.79 Å². The Balaban J connectivity index is 1.86. The molecule has 3 aromatic heterocycles. The predicted octanol–water partition coefficient (Wildman–Crippen LogP) is 2.09. The lowest BCUT2D eigenvalue weighted by Gasteiger charge is -2.22. The summed E-state index contributed by atoms with van der Waals surface area (Å²) in [4.78, 5) is 16.7. The number of nitrogen functional groups attached to an aromatic ring is 1. The van der Waals surface area contributed by atoms with E-state index in [1.807, 2.05) is 13.8 Å². The van der Waals surface area contributed by atoms with E-state index >= 15 is 0 Å². The molecule has 0 aliphatic heterocycles. The Kier molecular flexibility index (Phi) is 3.50. The highest BCUT2D eigenvalue weighted by atomic mass is 35.5. The maximum Gasteiger partial charge on any atom is 0.272 e. The summed E-state index contributed by atoms with van der Waals surface area (Å²) in [6.45, 7) is 3.66. The summed E-state index contributed by atoms with van der Waals surface area (Å²) in [5.41, 5.74) is 5.84. The Labute approximate surface area is 135 Å². The summed E-state index contributed by atoms with van der Waals surface area (Å²) in [6.07, 6.45) is 3.32. The van der Waals surface area contributed by atoms with Crippen LogP contribution in [0, 0.1) is 0 Å².